The Hall–Kier alpha value is -0.860. The van der Waals surface area contributed by atoms with E-state index >= 15 is 0 Å². The van der Waals surface area contributed by atoms with Crippen LogP contribution in [0.15, 0.2) is 24.3 Å². The number of rotatable bonds is 3. The number of likely N-dealkylation sites (N-methyl/N-ethyl adjacent to an activating group) is 1. The molecule has 1 saturated heterocycles. The van der Waals surface area contributed by atoms with Crippen LogP contribution in [0, 0.1) is 0 Å². The molecule has 0 aromatic heterocycles. The molecule has 1 aliphatic carbocycles. The van der Waals surface area contributed by atoms with Crippen LogP contribution in [-0.4, -0.2) is 31.1 Å². The van der Waals surface area contributed by atoms with Gasteiger partial charge in [0.25, 0.3) is 0 Å². The standard InChI is InChI=1S/C17H26N2/c1-13-9-10-17(16-8-4-3-7-15(13)16)19(2)12-14-6-5-11-18-14/h3-4,7-8,13-14,17-18H,5-6,9-12H2,1-2H3. The molecule has 1 aromatic carbocycles. The van der Waals surface area contributed by atoms with E-state index in [1.54, 1.807) is 11.1 Å². The molecule has 3 rings (SSSR count). The summed E-state index contributed by atoms with van der Waals surface area (Å²) in [6.45, 7) is 4.76. The number of fused-ring (bicyclic) bond motifs is 1. The molecule has 3 unspecified atom stereocenters. The Bertz CT molecular complexity index is 423. The quantitative estimate of drug-likeness (QED) is 0.895. The van der Waals surface area contributed by atoms with Crippen molar-refractivity contribution in [2.24, 2.45) is 0 Å². The molecule has 1 aliphatic heterocycles. The molecule has 0 amide bonds. The van der Waals surface area contributed by atoms with E-state index in [2.05, 4.69) is 48.5 Å². The lowest BCUT2D eigenvalue weighted by molar-refractivity contribution is 0.199. The molecule has 1 aromatic rings. The molecule has 2 heteroatoms. The zero-order chi connectivity index (χ0) is 13.2. The van der Waals surface area contributed by atoms with Gasteiger partial charge in [0.15, 0.2) is 0 Å². The highest BCUT2D eigenvalue weighted by atomic mass is 15.2. The van der Waals surface area contributed by atoms with Crippen LogP contribution in [0.25, 0.3) is 0 Å². The van der Waals surface area contributed by atoms with Crippen molar-refractivity contribution < 1.29 is 0 Å². The van der Waals surface area contributed by atoms with Gasteiger partial charge in [-0.3, -0.25) is 4.90 Å². The van der Waals surface area contributed by atoms with Gasteiger partial charge in [-0.2, -0.15) is 0 Å². The third-order valence-electron chi connectivity index (χ3n) is 4.96. The van der Waals surface area contributed by atoms with Crippen LogP contribution in [0.2, 0.25) is 0 Å². The van der Waals surface area contributed by atoms with E-state index in [4.69, 9.17) is 0 Å². The Morgan fingerprint density at radius 3 is 2.68 bits per heavy atom. The summed E-state index contributed by atoms with van der Waals surface area (Å²) in [5, 5.41) is 3.62. The monoisotopic (exact) mass is 258 g/mol. The van der Waals surface area contributed by atoms with Gasteiger partial charge in [-0.1, -0.05) is 31.2 Å². The summed E-state index contributed by atoms with van der Waals surface area (Å²) < 4.78 is 0. The Morgan fingerprint density at radius 2 is 1.95 bits per heavy atom. The van der Waals surface area contributed by atoms with Crippen molar-refractivity contribution in [3.05, 3.63) is 35.4 Å². The minimum Gasteiger partial charge on any atom is -0.313 e. The lowest BCUT2D eigenvalue weighted by Gasteiger charge is -2.37. The number of hydrogen-bond acceptors (Lipinski definition) is 2. The first-order valence-electron chi connectivity index (χ1n) is 7.78. The first kappa shape index (κ1) is 13.1. The molecule has 1 fully saturated rings. The smallest absolute Gasteiger partial charge is 0.0348 e. The molecule has 3 atom stereocenters. The Kier molecular flexibility index (Phi) is 3.90. The predicted octanol–water partition coefficient (Wildman–Crippen LogP) is 3.31. The van der Waals surface area contributed by atoms with Crippen LogP contribution < -0.4 is 5.32 Å². The predicted molar refractivity (Wildman–Crippen MR) is 80.5 cm³/mol. The van der Waals surface area contributed by atoms with Crippen molar-refractivity contribution >= 4 is 0 Å². The Balaban J connectivity index is 1.75. The van der Waals surface area contributed by atoms with Gasteiger partial charge in [0.1, 0.15) is 0 Å². The highest BCUT2D eigenvalue weighted by Crippen LogP contribution is 2.39. The van der Waals surface area contributed by atoms with E-state index in [1.165, 1.54) is 38.8 Å². The maximum atomic E-state index is 3.62. The SMILES string of the molecule is CC1CCC(N(C)CC2CCCN2)c2ccccc21. The highest BCUT2D eigenvalue weighted by molar-refractivity contribution is 5.35. The van der Waals surface area contributed by atoms with E-state index in [-0.39, 0.29) is 0 Å². The molecule has 104 valence electrons. The molecule has 2 nitrogen and oxygen atoms in total. The maximum absolute atomic E-state index is 3.62. The van der Waals surface area contributed by atoms with Crippen molar-refractivity contribution in [3.8, 4) is 0 Å². The average molecular weight is 258 g/mol. The van der Waals surface area contributed by atoms with Gasteiger partial charge in [-0.15, -0.1) is 0 Å². The molecular formula is C17H26N2. The van der Waals surface area contributed by atoms with Crippen molar-refractivity contribution in [1.82, 2.24) is 10.2 Å². The minimum atomic E-state index is 0.620. The summed E-state index contributed by atoms with van der Waals surface area (Å²) in [6.07, 6.45) is 5.32. The van der Waals surface area contributed by atoms with E-state index in [1.807, 2.05) is 0 Å². The largest absolute Gasteiger partial charge is 0.313 e. The third-order valence-corrected chi connectivity index (χ3v) is 4.96. The summed E-state index contributed by atoms with van der Waals surface area (Å²) in [5.41, 5.74) is 3.15. The second-order valence-electron chi connectivity index (χ2n) is 6.36. The summed E-state index contributed by atoms with van der Waals surface area (Å²) >= 11 is 0. The van der Waals surface area contributed by atoms with Gasteiger partial charge in [0, 0.05) is 18.6 Å². The molecule has 1 heterocycles. The van der Waals surface area contributed by atoms with Crippen LogP contribution in [0.5, 0.6) is 0 Å². The van der Waals surface area contributed by atoms with Crippen LogP contribution in [-0.2, 0) is 0 Å². The Labute approximate surface area is 117 Å². The van der Waals surface area contributed by atoms with Crippen LogP contribution in [0.4, 0.5) is 0 Å². The van der Waals surface area contributed by atoms with Gasteiger partial charge in [-0.05, 0) is 56.3 Å². The van der Waals surface area contributed by atoms with Crippen LogP contribution >= 0.6 is 0 Å². The number of hydrogen-bond donors (Lipinski definition) is 1. The van der Waals surface area contributed by atoms with Crippen molar-refractivity contribution in [1.29, 1.82) is 0 Å². The maximum Gasteiger partial charge on any atom is 0.0348 e. The summed E-state index contributed by atoms with van der Waals surface area (Å²) in [4.78, 5) is 2.58. The summed E-state index contributed by atoms with van der Waals surface area (Å²) in [7, 11) is 2.30. The van der Waals surface area contributed by atoms with E-state index in [0.29, 0.717) is 12.1 Å². The average Bonchev–Trinajstić information content (AvgIpc) is 2.92. The molecule has 19 heavy (non-hydrogen) atoms. The van der Waals surface area contributed by atoms with Crippen molar-refractivity contribution in [2.45, 2.75) is 50.6 Å². The number of nitrogens with one attached hydrogen (secondary N) is 1. The molecule has 0 saturated carbocycles. The third kappa shape index (κ3) is 2.70. The Morgan fingerprint density at radius 1 is 1.16 bits per heavy atom. The van der Waals surface area contributed by atoms with Crippen LogP contribution in [0.3, 0.4) is 0 Å². The molecule has 0 bridgehead atoms. The van der Waals surface area contributed by atoms with Gasteiger partial charge >= 0.3 is 0 Å². The van der Waals surface area contributed by atoms with Gasteiger partial charge < -0.3 is 5.32 Å². The number of benzene rings is 1. The molecular weight excluding hydrogens is 232 g/mol. The topological polar surface area (TPSA) is 15.3 Å². The molecule has 0 spiro atoms. The second kappa shape index (κ2) is 5.64. The number of nitrogens with zero attached hydrogens (tertiary/aromatic N) is 1. The first-order chi connectivity index (χ1) is 9.25. The fourth-order valence-electron chi connectivity index (χ4n) is 3.83. The van der Waals surface area contributed by atoms with E-state index in [9.17, 15) is 0 Å². The lowest BCUT2D eigenvalue weighted by Crippen LogP contribution is -2.38. The fraction of sp³-hybridized carbons (Fsp3) is 0.647. The van der Waals surface area contributed by atoms with Gasteiger partial charge in [0.05, 0.1) is 0 Å². The lowest BCUT2D eigenvalue weighted by atomic mass is 9.80. The zero-order valence-corrected chi connectivity index (χ0v) is 12.2. The second-order valence-corrected chi connectivity index (χ2v) is 6.36. The minimum absolute atomic E-state index is 0.620. The fourth-order valence-corrected chi connectivity index (χ4v) is 3.83. The molecule has 2 aliphatic rings. The van der Waals surface area contributed by atoms with Gasteiger partial charge in [0.2, 0.25) is 0 Å². The first-order valence-corrected chi connectivity index (χ1v) is 7.78. The van der Waals surface area contributed by atoms with E-state index in [0.717, 1.165) is 5.92 Å². The molecule has 1 N–H and O–H groups in total. The summed E-state index contributed by atoms with van der Waals surface area (Å²) in [6, 6.07) is 10.4. The zero-order valence-electron chi connectivity index (χ0n) is 12.2. The molecule has 0 radical (unpaired) electrons. The van der Waals surface area contributed by atoms with Gasteiger partial charge in [-0.25, -0.2) is 0 Å². The summed E-state index contributed by atoms with van der Waals surface area (Å²) in [5.74, 6) is 0.727. The van der Waals surface area contributed by atoms with E-state index < -0.39 is 0 Å². The highest BCUT2D eigenvalue weighted by Gasteiger charge is 2.28. The van der Waals surface area contributed by atoms with Crippen molar-refractivity contribution in [3.63, 3.8) is 0 Å². The van der Waals surface area contributed by atoms with Crippen molar-refractivity contribution in [2.75, 3.05) is 20.1 Å². The normalized spacial score (nSPS) is 30.6. The van der Waals surface area contributed by atoms with Crippen LogP contribution in [0.1, 0.15) is 55.7 Å².